The van der Waals surface area contributed by atoms with E-state index < -0.39 is 22.5 Å². The number of ketones is 2. The van der Waals surface area contributed by atoms with Crippen molar-refractivity contribution in [1.82, 2.24) is 0 Å². The van der Waals surface area contributed by atoms with Crippen LogP contribution in [0.15, 0.2) is 12.1 Å². The van der Waals surface area contributed by atoms with Gasteiger partial charge in [0.05, 0.1) is 0 Å². The highest BCUT2D eigenvalue weighted by Crippen LogP contribution is 2.28. The van der Waals surface area contributed by atoms with Crippen LogP contribution in [0.3, 0.4) is 0 Å². The minimum Gasteiger partial charge on any atom is -0.286 e. The molecular formula is C13H13NO4. The molecule has 1 aliphatic carbocycles. The maximum atomic E-state index is 11.9. The molecular weight excluding hydrogens is 234 g/mol. The molecule has 0 atom stereocenters. The highest BCUT2D eigenvalue weighted by atomic mass is 16.6. The fourth-order valence-corrected chi connectivity index (χ4v) is 2.36. The monoisotopic (exact) mass is 247 g/mol. The molecule has 0 heterocycles. The zero-order chi connectivity index (χ0) is 13.4. The van der Waals surface area contributed by atoms with Gasteiger partial charge in [0.1, 0.15) is 0 Å². The van der Waals surface area contributed by atoms with Crippen LogP contribution in [0.4, 0.5) is 0 Å². The fourth-order valence-electron chi connectivity index (χ4n) is 2.36. The zero-order valence-corrected chi connectivity index (χ0v) is 10.2. The van der Waals surface area contributed by atoms with Gasteiger partial charge in [-0.25, -0.2) is 0 Å². The molecule has 0 radical (unpaired) electrons. The average Bonchev–Trinajstić information content (AvgIpc) is 2.59. The first kappa shape index (κ1) is 12.4. The summed E-state index contributed by atoms with van der Waals surface area (Å²) in [7, 11) is 0. The van der Waals surface area contributed by atoms with Crippen LogP contribution in [0.1, 0.15) is 45.7 Å². The van der Waals surface area contributed by atoms with Crippen LogP contribution < -0.4 is 0 Å². The smallest absolute Gasteiger partial charge is 0.286 e. The highest BCUT2D eigenvalue weighted by Gasteiger charge is 2.47. The van der Waals surface area contributed by atoms with Gasteiger partial charge in [0, 0.05) is 16.1 Å². The third-order valence-corrected chi connectivity index (χ3v) is 3.34. The summed E-state index contributed by atoms with van der Waals surface area (Å²) in [4.78, 5) is 33.7. The summed E-state index contributed by atoms with van der Waals surface area (Å²) >= 11 is 0. The Labute approximate surface area is 104 Å². The van der Waals surface area contributed by atoms with Crippen LogP contribution in [0.2, 0.25) is 0 Å². The summed E-state index contributed by atoms with van der Waals surface area (Å²) in [5.74, 6) is -1.37. The summed E-state index contributed by atoms with van der Waals surface area (Å²) in [6, 6.07) is 1.53. The topological polar surface area (TPSA) is 77.3 Å². The number of aryl methyl sites for hydroxylation is 2. The number of rotatable bonds is 3. The number of nitro groups is 1. The number of nitrogens with zero attached hydrogens (tertiary/aromatic N) is 1. The lowest BCUT2D eigenvalue weighted by molar-refractivity contribution is -0.488. The van der Waals surface area contributed by atoms with Crippen LogP contribution in [0, 0.1) is 10.1 Å². The van der Waals surface area contributed by atoms with Gasteiger partial charge in [-0.1, -0.05) is 13.8 Å². The molecule has 0 unspecified atom stereocenters. The molecule has 94 valence electrons. The normalized spacial score (nSPS) is 15.0. The van der Waals surface area contributed by atoms with E-state index in [0.29, 0.717) is 0 Å². The van der Waals surface area contributed by atoms with E-state index in [2.05, 4.69) is 0 Å². The Bertz CT molecular complexity index is 519. The van der Waals surface area contributed by atoms with E-state index in [1.165, 1.54) is 0 Å². The Morgan fingerprint density at radius 3 is 1.72 bits per heavy atom. The Morgan fingerprint density at radius 2 is 1.44 bits per heavy atom. The van der Waals surface area contributed by atoms with E-state index in [9.17, 15) is 19.7 Å². The maximum Gasteiger partial charge on any atom is 0.336 e. The first-order chi connectivity index (χ1) is 8.51. The van der Waals surface area contributed by atoms with E-state index >= 15 is 0 Å². The largest absolute Gasteiger partial charge is 0.336 e. The third-order valence-electron chi connectivity index (χ3n) is 3.34. The Kier molecular flexibility index (Phi) is 2.98. The molecule has 5 nitrogen and oxygen atoms in total. The molecule has 0 saturated heterocycles. The van der Waals surface area contributed by atoms with Crippen LogP contribution in [-0.4, -0.2) is 22.5 Å². The predicted molar refractivity (Wildman–Crippen MR) is 64.6 cm³/mol. The van der Waals surface area contributed by atoms with Gasteiger partial charge < -0.3 is 0 Å². The van der Waals surface area contributed by atoms with Gasteiger partial charge >= 0.3 is 6.04 Å². The lowest BCUT2D eigenvalue weighted by Gasteiger charge is -2.07. The Balaban J connectivity index is 2.62. The lowest BCUT2D eigenvalue weighted by atomic mass is 9.96. The summed E-state index contributed by atoms with van der Waals surface area (Å²) < 4.78 is 0. The van der Waals surface area contributed by atoms with Gasteiger partial charge in [-0.05, 0) is 36.1 Å². The van der Waals surface area contributed by atoms with Gasteiger partial charge in [0.2, 0.25) is 11.6 Å². The van der Waals surface area contributed by atoms with Crippen molar-refractivity contribution >= 4 is 11.6 Å². The highest BCUT2D eigenvalue weighted by molar-refractivity contribution is 6.28. The van der Waals surface area contributed by atoms with Gasteiger partial charge in [-0.3, -0.25) is 19.7 Å². The second kappa shape index (κ2) is 4.33. The van der Waals surface area contributed by atoms with Crippen LogP contribution in [0.5, 0.6) is 0 Å². The maximum absolute atomic E-state index is 11.9. The third kappa shape index (κ3) is 1.63. The van der Waals surface area contributed by atoms with Gasteiger partial charge in [-0.15, -0.1) is 0 Å². The van der Waals surface area contributed by atoms with Crippen LogP contribution in [-0.2, 0) is 12.8 Å². The molecule has 0 spiro atoms. The molecule has 5 heteroatoms. The molecule has 18 heavy (non-hydrogen) atoms. The molecule has 0 saturated carbocycles. The minimum absolute atomic E-state index is 0.204. The molecule has 2 rings (SSSR count). The predicted octanol–water partition coefficient (Wildman–Crippen LogP) is 1.84. The van der Waals surface area contributed by atoms with Gasteiger partial charge in [0.15, 0.2) is 0 Å². The summed E-state index contributed by atoms with van der Waals surface area (Å²) in [6.07, 6.45) is 1.47. The second-order valence-electron chi connectivity index (χ2n) is 4.29. The molecule has 1 aromatic rings. The standard InChI is InChI=1S/C13H13NO4/c1-3-7-5-9-10(6-8(7)4-2)13(16)11(12(9)15)14(17)18/h5-6,11H,3-4H2,1-2H3. The van der Waals surface area contributed by atoms with Crippen molar-refractivity contribution in [1.29, 1.82) is 0 Å². The number of fused-ring (bicyclic) bond motifs is 1. The number of carbonyl (C=O) groups excluding carboxylic acids is 2. The fraction of sp³-hybridized carbons (Fsp3) is 0.385. The first-order valence-corrected chi connectivity index (χ1v) is 5.88. The quantitative estimate of drug-likeness (QED) is 0.464. The number of carbonyl (C=O) groups is 2. The van der Waals surface area contributed by atoms with Crippen molar-refractivity contribution in [2.75, 3.05) is 0 Å². The van der Waals surface area contributed by atoms with Crippen molar-refractivity contribution < 1.29 is 14.5 Å². The summed E-state index contributed by atoms with van der Waals surface area (Å²) in [5, 5.41) is 10.8. The average molecular weight is 247 g/mol. The molecule has 0 aliphatic heterocycles. The Morgan fingerprint density at radius 1 is 1.06 bits per heavy atom. The van der Waals surface area contributed by atoms with Crippen molar-refractivity contribution in [2.24, 2.45) is 0 Å². The van der Waals surface area contributed by atoms with Crippen LogP contribution >= 0.6 is 0 Å². The van der Waals surface area contributed by atoms with E-state index in [-0.39, 0.29) is 11.1 Å². The molecule has 1 aliphatic rings. The van der Waals surface area contributed by atoms with E-state index in [1.54, 1.807) is 12.1 Å². The Hall–Kier alpha value is -2.04. The molecule has 0 amide bonds. The zero-order valence-electron chi connectivity index (χ0n) is 10.2. The van der Waals surface area contributed by atoms with E-state index in [0.717, 1.165) is 24.0 Å². The minimum atomic E-state index is -1.74. The van der Waals surface area contributed by atoms with Crippen molar-refractivity contribution in [3.63, 3.8) is 0 Å². The van der Waals surface area contributed by atoms with Crippen LogP contribution in [0.25, 0.3) is 0 Å². The number of benzene rings is 1. The first-order valence-electron chi connectivity index (χ1n) is 5.88. The second-order valence-corrected chi connectivity index (χ2v) is 4.29. The van der Waals surface area contributed by atoms with Crippen molar-refractivity contribution in [2.45, 2.75) is 32.7 Å². The van der Waals surface area contributed by atoms with E-state index in [1.807, 2.05) is 13.8 Å². The molecule has 0 fully saturated rings. The van der Waals surface area contributed by atoms with Gasteiger partial charge in [-0.2, -0.15) is 0 Å². The molecule has 0 aromatic heterocycles. The number of hydrogen-bond acceptors (Lipinski definition) is 4. The van der Waals surface area contributed by atoms with Crippen molar-refractivity contribution in [3.05, 3.63) is 44.5 Å². The molecule has 0 bridgehead atoms. The number of Topliss-reactive ketones (excluding diaryl/α,β-unsaturated/α-hetero) is 2. The lowest BCUT2D eigenvalue weighted by Crippen LogP contribution is -2.31. The number of hydrogen-bond donors (Lipinski definition) is 0. The molecule has 0 N–H and O–H groups in total. The summed E-state index contributed by atoms with van der Waals surface area (Å²) in [5.41, 5.74) is 2.36. The van der Waals surface area contributed by atoms with Gasteiger partial charge in [0.25, 0.3) is 0 Å². The molecule has 1 aromatic carbocycles. The van der Waals surface area contributed by atoms with E-state index in [4.69, 9.17) is 0 Å². The van der Waals surface area contributed by atoms with Crippen molar-refractivity contribution in [3.8, 4) is 0 Å². The SMILES string of the molecule is CCc1cc2c(cc1CC)C(=O)C([N+](=O)[O-])C2=O. The summed E-state index contributed by atoms with van der Waals surface area (Å²) in [6.45, 7) is 3.90.